The molecule has 2 aromatic rings. The number of nitrogens with one attached hydrogen (secondary N) is 1. The first-order valence-corrected chi connectivity index (χ1v) is 7.87. The van der Waals surface area contributed by atoms with Gasteiger partial charge in [0.25, 0.3) is 0 Å². The Morgan fingerprint density at radius 1 is 1.10 bits per heavy atom. The molecular formula is C18H20ClNO. The van der Waals surface area contributed by atoms with E-state index in [1.807, 2.05) is 24.3 Å². The van der Waals surface area contributed by atoms with Crippen molar-refractivity contribution < 1.29 is 4.74 Å². The average Bonchev–Trinajstić information content (AvgIpc) is 3.32. The predicted molar refractivity (Wildman–Crippen MR) is 87.0 cm³/mol. The monoisotopic (exact) mass is 301 g/mol. The molecule has 110 valence electrons. The topological polar surface area (TPSA) is 21.3 Å². The number of ether oxygens (including phenoxy) is 1. The molecule has 1 N–H and O–H groups in total. The molecule has 1 aliphatic carbocycles. The summed E-state index contributed by atoms with van der Waals surface area (Å²) in [6.45, 7) is 1.51. The van der Waals surface area contributed by atoms with E-state index in [4.69, 9.17) is 16.3 Å². The fourth-order valence-electron chi connectivity index (χ4n) is 2.29. The maximum absolute atomic E-state index is 6.09. The summed E-state index contributed by atoms with van der Waals surface area (Å²) < 4.78 is 5.95. The van der Waals surface area contributed by atoms with E-state index in [0.29, 0.717) is 12.6 Å². The Labute approximate surface area is 131 Å². The third kappa shape index (κ3) is 4.48. The highest BCUT2D eigenvalue weighted by Gasteiger charge is 2.20. The molecule has 0 spiro atoms. The van der Waals surface area contributed by atoms with Crippen LogP contribution in [-0.4, -0.2) is 12.6 Å². The molecule has 0 unspecified atom stereocenters. The molecule has 0 amide bonds. The molecule has 0 aromatic heterocycles. The zero-order valence-corrected chi connectivity index (χ0v) is 12.8. The minimum atomic E-state index is 0.682. The molecule has 1 aliphatic rings. The Morgan fingerprint density at radius 2 is 1.90 bits per heavy atom. The molecule has 0 radical (unpaired) electrons. The van der Waals surface area contributed by atoms with Crippen molar-refractivity contribution in [2.75, 3.05) is 6.61 Å². The van der Waals surface area contributed by atoms with Crippen LogP contribution in [0.25, 0.3) is 0 Å². The summed E-state index contributed by atoms with van der Waals surface area (Å²) in [5.74, 6) is 0.934. The second-order valence-corrected chi connectivity index (χ2v) is 5.93. The van der Waals surface area contributed by atoms with Gasteiger partial charge in [0.15, 0.2) is 0 Å². The third-order valence-corrected chi connectivity index (χ3v) is 3.91. The zero-order valence-electron chi connectivity index (χ0n) is 12.0. The fraction of sp³-hybridized carbons (Fsp3) is 0.333. The van der Waals surface area contributed by atoms with Crippen molar-refractivity contribution in [3.05, 3.63) is 64.7 Å². The first kappa shape index (κ1) is 14.4. The van der Waals surface area contributed by atoms with Gasteiger partial charge in [-0.25, -0.2) is 0 Å². The largest absolute Gasteiger partial charge is 0.493 e. The molecule has 0 aliphatic heterocycles. The van der Waals surface area contributed by atoms with Gasteiger partial charge in [0.05, 0.1) is 6.61 Å². The van der Waals surface area contributed by atoms with Gasteiger partial charge in [-0.3, -0.25) is 0 Å². The van der Waals surface area contributed by atoms with Gasteiger partial charge in [0, 0.05) is 29.6 Å². The minimum Gasteiger partial charge on any atom is -0.493 e. The van der Waals surface area contributed by atoms with Gasteiger partial charge in [0.1, 0.15) is 5.75 Å². The number of benzene rings is 2. The first-order valence-electron chi connectivity index (χ1n) is 7.50. The van der Waals surface area contributed by atoms with Crippen molar-refractivity contribution in [1.82, 2.24) is 5.32 Å². The average molecular weight is 302 g/mol. The van der Waals surface area contributed by atoms with Gasteiger partial charge >= 0.3 is 0 Å². The second kappa shape index (κ2) is 6.97. The molecule has 3 heteroatoms. The van der Waals surface area contributed by atoms with Gasteiger partial charge in [-0.05, 0) is 36.6 Å². The van der Waals surface area contributed by atoms with E-state index < -0.39 is 0 Å². The molecule has 0 atom stereocenters. The fourth-order valence-corrected chi connectivity index (χ4v) is 2.49. The van der Waals surface area contributed by atoms with Gasteiger partial charge in [-0.1, -0.05) is 41.9 Å². The maximum Gasteiger partial charge on any atom is 0.123 e. The van der Waals surface area contributed by atoms with E-state index in [0.717, 1.165) is 29.3 Å². The van der Waals surface area contributed by atoms with Crippen molar-refractivity contribution in [3.8, 4) is 5.75 Å². The lowest BCUT2D eigenvalue weighted by Gasteiger charge is -2.12. The first-order chi connectivity index (χ1) is 10.3. The van der Waals surface area contributed by atoms with E-state index in [2.05, 4.69) is 29.6 Å². The molecule has 1 saturated carbocycles. The molecule has 0 saturated heterocycles. The van der Waals surface area contributed by atoms with Crippen LogP contribution in [-0.2, 0) is 13.0 Å². The molecule has 2 nitrogen and oxygen atoms in total. The lowest BCUT2D eigenvalue weighted by Crippen LogP contribution is -2.16. The molecule has 3 rings (SSSR count). The number of rotatable bonds is 7. The molecule has 0 heterocycles. The Morgan fingerprint density at radius 3 is 2.67 bits per heavy atom. The Kier molecular flexibility index (Phi) is 4.79. The standard InChI is InChI=1S/C18H20ClNO/c19-16-6-9-18(15(12-16)13-20-17-7-8-17)21-11-10-14-4-2-1-3-5-14/h1-6,9,12,17,20H,7-8,10-11,13H2. The lowest BCUT2D eigenvalue weighted by molar-refractivity contribution is 0.317. The highest BCUT2D eigenvalue weighted by atomic mass is 35.5. The van der Waals surface area contributed by atoms with Crippen molar-refractivity contribution in [3.63, 3.8) is 0 Å². The van der Waals surface area contributed by atoms with Gasteiger partial charge < -0.3 is 10.1 Å². The van der Waals surface area contributed by atoms with E-state index in [1.54, 1.807) is 0 Å². The quantitative estimate of drug-likeness (QED) is 0.827. The third-order valence-electron chi connectivity index (χ3n) is 3.67. The smallest absolute Gasteiger partial charge is 0.123 e. The SMILES string of the molecule is Clc1ccc(OCCc2ccccc2)c(CNC2CC2)c1. The van der Waals surface area contributed by atoms with Crippen LogP contribution in [0.1, 0.15) is 24.0 Å². The summed E-state index contributed by atoms with van der Waals surface area (Å²) >= 11 is 6.09. The Hall–Kier alpha value is -1.51. The van der Waals surface area contributed by atoms with Gasteiger partial charge in [-0.15, -0.1) is 0 Å². The summed E-state index contributed by atoms with van der Waals surface area (Å²) in [5.41, 5.74) is 2.44. The summed E-state index contributed by atoms with van der Waals surface area (Å²) in [5, 5.41) is 4.27. The summed E-state index contributed by atoms with van der Waals surface area (Å²) in [4.78, 5) is 0. The Balaban J connectivity index is 1.58. The Bertz CT molecular complexity index is 581. The van der Waals surface area contributed by atoms with Crippen molar-refractivity contribution in [2.45, 2.75) is 31.8 Å². The van der Waals surface area contributed by atoms with E-state index in [1.165, 1.54) is 18.4 Å². The van der Waals surface area contributed by atoms with Crippen molar-refractivity contribution in [2.24, 2.45) is 0 Å². The van der Waals surface area contributed by atoms with E-state index in [9.17, 15) is 0 Å². The summed E-state index contributed by atoms with van der Waals surface area (Å²) in [6, 6.07) is 16.9. The molecule has 1 fully saturated rings. The molecule has 2 aromatic carbocycles. The van der Waals surface area contributed by atoms with E-state index in [-0.39, 0.29) is 0 Å². The van der Waals surface area contributed by atoms with Crippen LogP contribution >= 0.6 is 11.6 Å². The van der Waals surface area contributed by atoms with Crippen LogP contribution in [0.4, 0.5) is 0 Å². The highest BCUT2D eigenvalue weighted by molar-refractivity contribution is 6.30. The van der Waals surface area contributed by atoms with E-state index >= 15 is 0 Å². The minimum absolute atomic E-state index is 0.682. The van der Waals surface area contributed by atoms with Crippen molar-refractivity contribution in [1.29, 1.82) is 0 Å². The number of hydrogen-bond donors (Lipinski definition) is 1. The van der Waals surface area contributed by atoms with Crippen LogP contribution in [0.5, 0.6) is 5.75 Å². The van der Waals surface area contributed by atoms with Gasteiger partial charge in [0.2, 0.25) is 0 Å². The molecule has 0 bridgehead atoms. The number of hydrogen-bond acceptors (Lipinski definition) is 2. The van der Waals surface area contributed by atoms with Crippen LogP contribution in [0.3, 0.4) is 0 Å². The normalized spacial score (nSPS) is 14.1. The van der Waals surface area contributed by atoms with Crippen LogP contribution < -0.4 is 10.1 Å². The van der Waals surface area contributed by atoms with Crippen molar-refractivity contribution >= 4 is 11.6 Å². The maximum atomic E-state index is 6.09. The lowest BCUT2D eigenvalue weighted by atomic mass is 10.1. The number of halogens is 1. The molecule has 21 heavy (non-hydrogen) atoms. The highest BCUT2D eigenvalue weighted by Crippen LogP contribution is 2.25. The second-order valence-electron chi connectivity index (χ2n) is 5.49. The van der Waals surface area contributed by atoms with Gasteiger partial charge in [-0.2, -0.15) is 0 Å². The summed E-state index contributed by atoms with van der Waals surface area (Å²) in [7, 11) is 0. The zero-order chi connectivity index (χ0) is 14.5. The van der Waals surface area contributed by atoms with Crippen LogP contribution in [0.2, 0.25) is 5.02 Å². The van der Waals surface area contributed by atoms with Crippen LogP contribution in [0.15, 0.2) is 48.5 Å². The molecular weight excluding hydrogens is 282 g/mol. The van der Waals surface area contributed by atoms with Crippen LogP contribution in [0, 0.1) is 0 Å². The summed E-state index contributed by atoms with van der Waals surface area (Å²) in [6.07, 6.45) is 3.48. The predicted octanol–water partition coefficient (Wildman–Crippen LogP) is 4.21.